The number of benzene rings is 1. The number of hydrogen-bond acceptors (Lipinski definition) is 3. The number of rotatable bonds is 3. The van der Waals surface area contributed by atoms with Gasteiger partial charge in [-0.25, -0.2) is 0 Å². The van der Waals surface area contributed by atoms with Crippen LogP contribution in [0.4, 0.5) is 3.89 Å². The molecule has 1 rings (SSSR count). The highest BCUT2D eigenvalue weighted by molar-refractivity contribution is 7.89. The summed E-state index contributed by atoms with van der Waals surface area (Å²) in [5.41, 5.74) is 0. The highest BCUT2D eigenvalue weighted by Crippen LogP contribution is 2.08. The zero-order valence-corrected chi connectivity index (χ0v) is 7.37. The molecule has 0 saturated heterocycles. The molecule has 0 fully saturated rings. The first-order valence-electron chi connectivity index (χ1n) is 3.41. The summed E-state index contributed by atoms with van der Waals surface area (Å²) in [5, 5.41) is 0.347. The molecule has 0 saturated carbocycles. The summed E-state index contributed by atoms with van der Waals surface area (Å²) in [7, 11) is -4.60. The lowest BCUT2D eigenvalue weighted by atomic mass is 10.3. The van der Waals surface area contributed by atoms with E-state index in [0.29, 0.717) is 11.2 Å². The van der Waals surface area contributed by atoms with Crippen molar-refractivity contribution < 1.29 is 17.0 Å². The molecule has 3 nitrogen and oxygen atoms in total. The molecule has 0 aromatic heterocycles. The van der Waals surface area contributed by atoms with Crippen LogP contribution in [0.25, 0.3) is 0 Å². The van der Waals surface area contributed by atoms with Crippen molar-refractivity contribution in [1.29, 1.82) is 0 Å². The number of halogens is 1. The Morgan fingerprint density at radius 3 is 2.38 bits per heavy atom. The predicted molar refractivity (Wildman–Crippen MR) is 46.2 cm³/mol. The summed E-state index contributed by atoms with van der Waals surface area (Å²) in [6.45, 7) is 0. The van der Waals surface area contributed by atoms with E-state index < -0.39 is 10.2 Å². The Balaban J connectivity index is 2.59. The zero-order valence-electron chi connectivity index (χ0n) is 6.55. The summed E-state index contributed by atoms with van der Waals surface area (Å²) >= 11 is 0. The molecule has 0 aliphatic heterocycles. The van der Waals surface area contributed by atoms with Crippen molar-refractivity contribution in [2.75, 3.05) is 0 Å². The zero-order chi connectivity index (χ0) is 9.73. The minimum absolute atomic E-state index is 0.347. The van der Waals surface area contributed by atoms with Crippen LogP contribution < -0.4 is 4.74 Å². The molecule has 0 radical (unpaired) electrons. The molecule has 0 amide bonds. The minimum Gasteiger partial charge on any atom is -0.464 e. The summed E-state index contributed by atoms with van der Waals surface area (Å²) in [6, 6.07) is 8.45. The van der Waals surface area contributed by atoms with Gasteiger partial charge < -0.3 is 4.74 Å². The third-order valence-corrected chi connectivity index (χ3v) is 1.60. The van der Waals surface area contributed by atoms with E-state index in [4.69, 9.17) is 4.74 Å². The quantitative estimate of drug-likeness (QED) is 0.554. The average Bonchev–Trinajstić information content (AvgIpc) is 2.04. The van der Waals surface area contributed by atoms with Crippen molar-refractivity contribution in [3.05, 3.63) is 42.0 Å². The van der Waals surface area contributed by atoms with Crippen LogP contribution in [0.5, 0.6) is 5.75 Å². The van der Waals surface area contributed by atoms with E-state index in [1.165, 1.54) is 0 Å². The Bertz CT molecular complexity index is 383. The summed E-state index contributed by atoms with van der Waals surface area (Å²) in [6.07, 6.45) is 0.782. The SMILES string of the molecule is O=S(=O)(F)C=COc1ccccc1. The lowest BCUT2D eigenvalue weighted by Gasteiger charge is -1.96. The fraction of sp³-hybridized carbons (Fsp3) is 0. The minimum atomic E-state index is -4.60. The molecule has 13 heavy (non-hydrogen) atoms. The van der Waals surface area contributed by atoms with Gasteiger partial charge in [0.25, 0.3) is 0 Å². The topological polar surface area (TPSA) is 43.4 Å². The number of para-hydroxylation sites is 1. The molecule has 0 unspecified atom stereocenters. The van der Waals surface area contributed by atoms with Crippen LogP contribution >= 0.6 is 0 Å². The van der Waals surface area contributed by atoms with Gasteiger partial charge in [0.05, 0.1) is 5.41 Å². The van der Waals surface area contributed by atoms with E-state index in [9.17, 15) is 12.3 Å². The summed E-state index contributed by atoms with van der Waals surface area (Å²) in [4.78, 5) is 0. The Kier molecular flexibility index (Phi) is 3.02. The van der Waals surface area contributed by atoms with Crippen LogP contribution in [0, 0.1) is 0 Å². The van der Waals surface area contributed by atoms with Gasteiger partial charge in [0, 0.05) is 0 Å². The lowest BCUT2D eigenvalue weighted by molar-refractivity contribution is 0.480. The predicted octanol–water partition coefficient (Wildman–Crippen LogP) is 1.84. The van der Waals surface area contributed by atoms with Gasteiger partial charge in [0.15, 0.2) is 0 Å². The Hall–Kier alpha value is -1.36. The van der Waals surface area contributed by atoms with Gasteiger partial charge in [0.1, 0.15) is 12.0 Å². The molecule has 0 spiro atoms. The maximum atomic E-state index is 11.9. The number of ether oxygens (including phenoxy) is 1. The van der Waals surface area contributed by atoms with Crippen LogP contribution in [0.15, 0.2) is 42.0 Å². The molecule has 0 atom stereocenters. The van der Waals surface area contributed by atoms with Crippen LogP contribution in [-0.2, 0) is 10.2 Å². The normalized spacial score (nSPS) is 11.8. The van der Waals surface area contributed by atoms with Crippen LogP contribution in [0.3, 0.4) is 0 Å². The molecule has 0 aliphatic carbocycles. The third kappa shape index (κ3) is 4.27. The second-order valence-electron chi connectivity index (χ2n) is 2.18. The Labute approximate surface area is 75.7 Å². The first-order valence-corrected chi connectivity index (χ1v) is 4.85. The molecular formula is C8H7FO3S. The molecule has 1 aromatic carbocycles. The van der Waals surface area contributed by atoms with Gasteiger partial charge in [0.2, 0.25) is 0 Å². The van der Waals surface area contributed by atoms with Crippen molar-refractivity contribution in [3.63, 3.8) is 0 Å². The Morgan fingerprint density at radius 1 is 1.23 bits per heavy atom. The second-order valence-corrected chi connectivity index (χ2v) is 3.40. The summed E-state index contributed by atoms with van der Waals surface area (Å²) in [5.74, 6) is 0.447. The molecule has 0 aliphatic rings. The van der Waals surface area contributed by atoms with Crippen molar-refractivity contribution in [2.45, 2.75) is 0 Å². The van der Waals surface area contributed by atoms with E-state index in [2.05, 4.69) is 0 Å². The standard InChI is InChI=1S/C8H7FO3S/c9-13(10,11)7-6-12-8-4-2-1-3-5-8/h1-7H. The maximum absolute atomic E-state index is 11.9. The van der Waals surface area contributed by atoms with Crippen molar-refractivity contribution in [2.24, 2.45) is 0 Å². The molecule has 0 bridgehead atoms. The van der Waals surface area contributed by atoms with Gasteiger partial charge in [-0.05, 0) is 12.1 Å². The van der Waals surface area contributed by atoms with E-state index >= 15 is 0 Å². The average molecular weight is 202 g/mol. The molecule has 0 N–H and O–H groups in total. The smallest absolute Gasteiger partial charge is 0.328 e. The van der Waals surface area contributed by atoms with Gasteiger partial charge in [-0.1, -0.05) is 18.2 Å². The fourth-order valence-corrected chi connectivity index (χ4v) is 0.860. The van der Waals surface area contributed by atoms with Gasteiger partial charge in [-0.3, -0.25) is 0 Å². The van der Waals surface area contributed by atoms with Crippen molar-refractivity contribution in [3.8, 4) is 5.75 Å². The highest BCUT2D eigenvalue weighted by Gasteiger charge is 1.98. The maximum Gasteiger partial charge on any atom is 0.328 e. The van der Waals surface area contributed by atoms with Gasteiger partial charge in [-0.15, -0.1) is 3.89 Å². The molecule has 5 heteroatoms. The molecule has 1 aromatic rings. The van der Waals surface area contributed by atoms with Crippen molar-refractivity contribution >= 4 is 10.2 Å². The van der Waals surface area contributed by atoms with E-state index in [1.54, 1.807) is 30.3 Å². The molecule has 70 valence electrons. The first-order chi connectivity index (χ1) is 6.08. The number of hydrogen-bond donors (Lipinski definition) is 0. The van der Waals surface area contributed by atoms with Crippen molar-refractivity contribution in [1.82, 2.24) is 0 Å². The Morgan fingerprint density at radius 2 is 1.85 bits per heavy atom. The summed E-state index contributed by atoms with van der Waals surface area (Å²) < 4.78 is 36.7. The highest BCUT2D eigenvalue weighted by atomic mass is 32.3. The fourth-order valence-electron chi connectivity index (χ4n) is 0.672. The lowest BCUT2D eigenvalue weighted by Crippen LogP contribution is -1.85. The second kappa shape index (κ2) is 4.04. The third-order valence-electron chi connectivity index (χ3n) is 1.17. The van der Waals surface area contributed by atoms with Gasteiger partial charge in [-0.2, -0.15) is 8.42 Å². The van der Waals surface area contributed by atoms with E-state index in [1.807, 2.05) is 0 Å². The first kappa shape index (κ1) is 9.73. The molecule has 0 heterocycles. The molecular weight excluding hydrogens is 195 g/mol. The van der Waals surface area contributed by atoms with Crippen LogP contribution in [0.2, 0.25) is 0 Å². The van der Waals surface area contributed by atoms with Crippen LogP contribution in [0.1, 0.15) is 0 Å². The van der Waals surface area contributed by atoms with Crippen LogP contribution in [-0.4, -0.2) is 8.42 Å². The van der Waals surface area contributed by atoms with E-state index in [-0.39, 0.29) is 0 Å². The van der Waals surface area contributed by atoms with E-state index in [0.717, 1.165) is 6.26 Å². The van der Waals surface area contributed by atoms with Gasteiger partial charge >= 0.3 is 10.2 Å². The largest absolute Gasteiger partial charge is 0.464 e. The monoisotopic (exact) mass is 202 g/mol.